The molecule has 6 nitrogen and oxygen atoms in total. The summed E-state index contributed by atoms with van der Waals surface area (Å²) in [6.45, 7) is 1.24. The topological polar surface area (TPSA) is 78.1 Å². The fourth-order valence-corrected chi connectivity index (χ4v) is 3.61. The lowest BCUT2D eigenvalue weighted by molar-refractivity contribution is -0.133. The summed E-state index contributed by atoms with van der Waals surface area (Å²) >= 11 is 0. The van der Waals surface area contributed by atoms with E-state index in [2.05, 4.69) is 15.3 Å². The number of nitrogens with zero attached hydrogens (tertiary/aromatic N) is 2. The Hall–Kier alpha value is -3.15. The maximum Gasteiger partial charge on any atom is 0.227 e. The van der Waals surface area contributed by atoms with Crippen molar-refractivity contribution < 1.29 is 9.59 Å². The second kappa shape index (κ2) is 7.61. The zero-order valence-corrected chi connectivity index (χ0v) is 15.0. The summed E-state index contributed by atoms with van der Waals surface area (Å²) in [5.41, 5.74) is 2.74. The van der Waals surface area contributed by atoms with Crippen LogP contribution in [0.3, 0.4) is 0 Å². The molecule has 0 saturated carbocycles. The summed E-state index contributed by atoms with van der Waals surface area (Å²) in [6.07, 6.45) is 7.14. The Labute approximate surface area is 157 Å². The van der Waals surface area contributed by atoms with E-state index in [-0.39, 0.29) is 17.7 Å². The molecule has 0 atom stereocenters. The molecule has 1 aliphatic heterocycles. The smallest absolute Gasteiger partial charge is 0.227 e. The third-order valence-electron chi connectivity index (χ3n) is 5.17. The summed E-state index contributed by atoms with van der Waals surface area (Å²) in [5.74, 6) is 0.0977. The first kappa shape index (κ1) is 17.3. The van der Waals surface area contributed by atoms with Gasteiger partial charge in [-0.15, -0.1) is 0 Å². The normalized spacial score (nSPS) is 15.0. The summed E-state index contributed by atoms with van der Waals surface area (Å²) in [6, 6.07) is 11.4. The molecule has 6 heteroatoms. The predicted molar refractivity (Wildman–Crippen MR) is 104 cm³/mol. The van der Waals surface area contributed by atoms with E-state index in [9.17, 15) is 9.59 Å². The Bertz CT molecular complexity index is 943. The molecule has 4 rings (SSSR count). The molecule has 1 fully saturated rings. The molecule has 0 unspecified atom stereocenters. The van der Waals surface area contributed by atoms with E-state index >= 15 is 0 Å². The van der Waals surface area contributed by atoms with Crippen molar-refractivity contribution in [3.8, 4) is 0 Å². The van der Waals surface area contributed by atoms with Crippen LogP contribution in [-0.4, -0.2) is 39.8 Å². The predicted octanol–water partition coefficient (Wildman–Crippen LogP) is 2.98. The Kier molecular flexibility index (Phi) is 4.87. The summed E-state index contributed by atoms with van der Waals surface area (Å²) in [7, 11) is 0. The lowest BCUT2D eigenvalue weighted by atomic mass is 9.95. The average molecular weight is 362 g/mol. The van der Waals surface area contributed by atoms with Gasteiger partial charge in [0.25, 0.3) is 0 Å². The van der Waals surface area contributed by atoms with E-state index in [0.717, 1.165) is 22.2 Å². The van der Waals surface area contributed by atoms with E-state index in [1.165, 1.54) is 0 Å². The number of amides is 2. The van der Waals surface area contributed by atoms with Crippen molar-refractivity contribution in [1.29, 1.82) is 0 Å². The largest absolute Gasteiger partial charge is 0.360 e. The number of para-hydroxylation sites is 1. The molecule has 0 spiro atoms. The van der Waals surface area contributed by atoms with Crippen LogP contribution < -0.4 is 5.32 Å². The highest BCUT2D eigenvalue weighted by Crippen LogP contribution is 2.22. The number of pyridine rings is 1. The molecule has 2 aromatic heterocycles. The number of aromatic amines is 1. The average Bonchev–Trinajstić information content (AvgIpc) is 3.12. The van der Waals surface area contributed by atoms with Crippen molar-refractivity contribution in [3.05, 3.63) is 60.6 Å². The maximum absolute atomic E-state index is 12.7. The fourth-order valence-electron chi connectivity index (χ4n) is 3.61. The van der Waals surface area contributed by atoms with Crippen molar-refractivity contribution in [3.63, 3.8) is 0 Å². The highest BCUT2D eigenvalue weighted by molar-refractivity contribution is 5.93. The molecule has 138 valence electrons. The van der Waals surface area contributed by atoms with Crippen LogP contribution in [0, 0.1) is 5.92 Å². The molecule has 27 heavy (non-hydrogen) atoms. The zero-order valence-electron chi connectivity index (χ0n) is 15.0. The minimum absolute atomic E-state index is 0.0393. The molecule has 0 bridgehead atoms. The van der Waals surface area contributed by atoms with E-state index in [1.807, 2.05) is 47.5 Å². The zero-order chi connectivity index (χ0) is 18.6. The number of fused-ring (bicyclic) bond motifs is 1. The number of carbonyl (C=O) groups is 2. The van der Waals surface area contributed by atoms with E-state index < -0.39 is 0 Å². The van der Waals surface area contributed by atoms with Gasteiger partial charge in [-0.3, -0.25) is 14.6 Å². The van der Waals surface area contributed by atoms with Gasteiger partial charge in [0.15, 0.2) is 0 Å². The molecule has 1 aromatic carbocycles. The third kappa shape index (κ3) is 3.84. The highest BCUT2D eigenvalue weighted by atomic mass is 16.2. The van der Waals surface area contributed by atoms with Gasteiger partial charge >= 0.3 is 0 Å². The van der Waals surface area contributed by atoms with Crippen molar-refractivity contribution in [2.75, 3.05) is 18.4 Å². The van der Waals surface area contributed by atoms with E-state index in [0.29, 0.717) is 32.4 Å². The van der Waals surface area contributed by atoms with Gasteiger partial charge in [-0.2, -0.15) is 0 Å². The second-order valence-corrected chi connectivity index (χ2v) is 6.92. The van der Waals surface area contributed by atoms with Crippen molar-refractivity contribution in [2.24, 2.45) is 5.92 Å². The van der Waals surface area contributed by atoms with Crippen LogP contribution in [0.1, 0.15) is 18.4 Å². The van der Waals surface area contributed by atoms with Gasteiger partial charge in [-0.25, -0.2) is 0 Å². The fraction of sp³-hybridized carbons (Fsp3) is 0.286. The maximum atomic E-state index is 12.7. The summed E-state index contributed by atoms with van der Waals surface area (Å²) < 4.78 is 0. The molecular formula is C21H22N4O2. The molecule has 0 radical (unpaired) electrons. The molecule has 1 aliphatic rings. The number of carbonyl (C=O) groups excluding carboxylic acids is 2. The number of rotatable bonds is 4. The first-order chi connectivity index (χ1) is 13.2. The van der Waals surface area contributed by atoms with Crippen molar-refractivity contribution >= 4 is 28.4 Å². The molecule has 3 heterocycles. The first-order valence-corrected chi connectivity index (χ1v) is 9.24. The lowest BCUT2D eigenvalue weighted by Crippen LogP contribution is -2.42. The lowest BCUT2D eigenvalue weighted by Gasteiger charge is -2.31. The van der Waals surface area contributed by atoms with Gasteiger partial charge in [0.2, 0.25) is 11.8 Å². The minimum atomic E-state index is -0.0478. The van der Waals surface area contributed by atoms with Gasteiger partial charge in [0, 0.05) is 42.5 Å². The standard InChI is InChI=1S/C21H22N4O2/c26-20(12-16-13-23-19-14-22-9-6-18(16)19)25-10-7-15(8-11-25)21(27)24-17-4-2-1-3-5-17/h1-6,9,13-15,23H,7-8,10-12H2,(H,24,27). The number of benzene rings is 1. The minimum Gasteiger partial charge on any atom is -0.360 e. The molecule has 0 aliphatic carbocycles. The van der Waals surface area contributed by atoms with Gasteiger partial charge in [-0.05, 0) is 36.6 Å². The first-order valence-electron chi connectivity index (χ1n) is 9.24. The number of hydrogen-bond donors (Lipinski definition) is 2. The van der Waals surface area contributed by atoms with E-state index in [4.69, 9.17) is 0 Å². The van der Waals surface area contributed by atoms with Gasteiger partial charge < -0.3 is 15.2 Å². The third-order valence-corrected chi connectivity index (χ3v) is 5.17. The Morgan fingerprint density at radius 1 is 1.15 bits per heavy atom. The van der Waals surface area contributed by atoms with E-state index in [1.54, 1.807) is 12.4 Å². The molecule has 2 N–H and O–H groups in total. The Morgan fingerprint density at radius 3 is 2.70 bits per heavy atom. The molecular weight excluding hydrogens is 340 g/mol. The van der Waals surface area contributed by atoms with Crippen LogP contribution in [0.4, 0.5) is 5.69 Å². The molecule has 3 aromatic rings. The van der Waals surface area contributed by atoms with Crippen LogP contribution in [0.2, 0.25) is 0 Å². The van der Waals surface area contributed by atoms with Crippen molar-refractivity contribution in [1.82, 2.24) is 14.9 Å². The number of H-pyrrole nitrogens is 1. The number of nitrogens with one attached hydrogen (secondary N) is 2. The van der Waals surface area contributed by atoms with Gasteiger partial charge in [0.05, 0.1) is 18.1 Å². The van der Waals surface area contributed by atoms with Gasteiger partial charge in [-0.1, -0.05) is 18.2 Å². The van der Waals surface area contributed by atoms with Crippen LogP contribution in [0.25, 0.3) is 10.9 Å². The Balaban J connectivity index is 1.32. The summed E-state index contributed by atoms with van der Waals surface area (Å²) in [4.78, 5) is 34.2. The quantitative estimate of drug-likeness (QED) is 0.749. The second-order valence-electron chi connectivity index (χ2n) is 6.92. The number of anilines is 1. The Morgan fingerprint density at radius 2 is 1.93 bits per heavy atom. The van der Waals surface area contributed by atoms with Gasteiger partial charge in [0.1, 0.15) is 0 Å². The molecule has 2 amide bonds. The van der Waals surface area contributed by atoms with Crippen LogP contribution in [0.15, 0.2) is 55.0 Å². The SMILES string of the molecule is O=C(Nc1ccccc1)C1CCN(C(=O)Cc2c[nH]c3cnccc23)CC1. The van der Waals surface area contributed by atoms with Crippen molar-refractivity contribution in [2.45, 2.75) is 19.3 Å². The molecule has 1 saturated heterocycles. The van der Waals surface area contributed by atoms with Crippen LogP contribution in [0.5, 0.6) is 0 Å². The highest BCUT2D eigenvalue weighted by Gasteiger charge is 2.27. The number of hydrogen-bond acceptors (Lipinski definition) is 3. The number of aromatic nitrogens is 2. The number of piperidine rings is 1. The monoisotopic (exact) mass is 362 g/mol. The number of likely N-dealkylation sites (tertiary alicyclic amines) is 1. The van der Waals surface area contributed by atoms with Crippen LogP contribution in [-0.2, 0) is 16.0 Å². The summed E-state index contributed by atoms with van der Waals surface area (Å²) in [5, 5.41) is 4.00. The van der Waals surface area contributed by atoms with Crippen LogP contribution >= 0.6 is 0 Å².